The van der Waals surface area contributed by atoms with E-state index in [0.717, 1.165) is 17.7 Å². The molecule has 0 radical (unpaired) electrons. The minimum Gasteiger partial charge on any atom is -0.334 e. The zero-order chi connectivity index (χ0) is 28.7. The molecule has 0 atom stereocenters. The van der Waals surface area contributed by atoms with Crippen LogP contribution in [0.2, 0.25) is 0 Å². The molecule has 3 aromatic carbocycles. The van der Waals surface area contributed by atoms with Crippen molar-refractivity contribution in [2.24, 2.45) is 0 Å². The van der Waals surface area contributed by atoms with Crippen molar-refractivity contribution in [3.8, 4) is 0 Å². The van der Waals surface area contributed by atoms with E-state index in [9.17, 15) is 31.8 Å². The van der Waals surface area contributed by atoms with Gasteiger partial charge in [0.25, 0.3) is 0 Å². The van der Waals surface area contributed by atoms with Crippen LogP contribution >= 0.6 is 15.2 Å². The van der Waals surface area contributed by atoms with Crippen LogP contribution in [0.15, 0.2) is 78.9 Å². The van der Waals surface area contributed by atoms with Gasteiger partial charge >= 0.3 is 26.9 Å². The van der Waals surface area contributed by atoms with Gasteiger partial charge in [-0.15, -0.1) is 9.46 Å². The normalized spacial score (nSPS) is 12.3. The van der Waals surface area contributed by atoms with Crippen molar-refractivity contribution in [1.29, 1.82) is 0 Å². The Morgan fingerprint density at radius 2 is 1.28 bits per heavy atom. The van der Waals surface area contributed by atoms with Crippen LogP contribution < -0.4 is 5.32 Å². The molecule has 0 fully saturated rings. The van der Waals surface area contributed by atoms with Crippen molar-refractivity contribution >= 4 is 21.2 Å². The average molecular weight is 590 g/mol. The molecule has 3 N–H and O–H groups in total. The van der Waals surface area contributed by atoms with E-state index in [1.165, 1.54) is 41.3 Å². The molecule has 0 bridgehead atoms. The predicted octanol–water partition coefficient (Wildman–Crippen LogP) is 6.32. The number of amides is 2. The summed E-state index contributed by atoms with van der Waals surface area (Å²) in [7, 11) is -10.3. The molecule has 0 aliphatic carbocycles. The zero-order valence-electron chi connectivity index (χ0n) is 20.1. The number of benzene rings is 3. The van der Waals surface area contributed by atoms with E-state index in [0.29, 0.717) is 11.1 Å². The molecule has 3 rings (SSSR count). The van der Waals surface area contributed by atoms with E-state index in [2.05, 4.69) is 14.8 Å². The van der Waals surface area contributed by atoms with E-state index in [1.807, 2.05) is 18.2 Å². The number of rotatable bonds is 12. The summed E-state index contributed by atoms with van der Waals surface area (Å²) in [5, 5.41) is 2.76. The molecule has 0 aromatic heterocycles. The summed E-state index contributed by atoms with van der Waals surface area (Å²) in [6, 6.07) is 18.6. The molecular weight excluding hydrogens is 566 g/mol. The van der Waals surface area contributed by atoms with E-state index >= 15 is 0 Å². The van der Waals surface area contributed by atoms with Gasteiger partial charge in [0.2, 0.25) is 0 Å². The molecule has 0 aliphatic rings. The van der Waals surface area contributed by atoms with Gasteiger partial charge in [-0.3, -0.25) is 9.13 Å². The monoisotopic (exact) mass is 590 g/mol. The minimum atomic E-state index is -5.74. The summed E-state index contributed by atoms with van der Waals surface area (Å²) in [6.45, 7) is 0.146. The van der Waals surface area contributed by atoms with E-state index in [4.69, 9.17) is 9.79 Å². The second-order valence-corrected chi connectivity index (χ2v) is 12.0. The summed E-state index contributed by atoms with van der Waals surface area (Å²) in [4.78, 5) is 32.3. The third kappa shape index (κ3) is 8.22. The average Bonchev–Trinajstić information content (AvgIpc) is 2.92. The number of halogens is 4. The fourth-order valence-electron chi connectivity index (χ4n) is 3.54. The van der Waals surface area contributed by atoms with E-state index in [-0.39, 0.29) is 25.2 Å². The Kier molecular flexibility index (Phi) is 10.1. The number of carbonyl (C=O) groups excluding carboxylic acids is 1. The minimum absolute atomic E-state index is 0.0121. The number of alkyl halides is 2. The molecule has 15 heteroatoms. The zero-order valence-corrected chi connectivity index (χ0v) is 21.9. The maximum atomic E-state index is 14.0. The SMILES string of the molecule is O=C(NCc1ccccc1)N(Cc1ccc(CP(=O)(OF)OF)cc1)Cc1ccc(C(F)(F)P(=O)(O)O)cc1. The molecule has 3 aromatic rings. The van der Waals surface area contributed by atoms with Gasteiger partial charge in [-0.25, -0.2) is 4.79 Å². The number of urea groups is 1. The van der Waals surface area contributed by atoms with E-state index in [1.54, 1.807) is 12.1 Å². The van der Waals surface area contributed by atoms with Crippen molar-refractivity contribution in [1.82, 2.24) is 10.2 Å². The summed E-state index contributed by atoms with van der Waals surface area (Å²) in [5.74, 6) is 0. The Labute approximate surface area is 220 Å². The van der Waals surface area contributed by atoms with Crippen LogP contribution in [0.25, 0.3) is 0 Å². The Bertz CT molecular complexity index is 1330. The van der Waals surface area contributed by atoms with Gasteiger partial charge < -0.3 is 20.0 Å². The Morgan fingerprint density at radius 1 is 0.795 bits per heavy atom. The van der Waals surface area contributed by atoms with Crippen LogP contribution in [0.5, 0.6) is 0 Å². The largest absolute Gasteiger partial charge is 0.399 e. The van der Waals surface area contributed by atoms with Crippen LogP contribution in [0.3, 0.4) is 0 Å². The van der Waals surface area contributed by atoms with Crippen molar-refractivity contribution < 1.29 is 51.0 Å². The lowest BCUT2D eigenvalue weighted by Crippen LogP contribution is -2.38. The Hall–Kier alpha value is -3.05. The standard InChI is InChI=1S/C24H24F4N2O7P2/c25-24(26,39(33,34)35)22-12-10-20(11-13-22)16-30(23(31)29-14-18-4-2-1-3-5-18)15-19-6-8-21(9-7-19)17-38(32,36-27)37-28/h1-13H,14-17H2,(H,29,31)(H2,33,34,35). The highest BCUT2D eigenvalue weighted by molar-refractivity contribution is 7.52. The molecule has 0 unspecified atom stereocenters. The fraction of sp³-hybridized carbons (Fsp3) is 0.208. The van der Waals surface area contributed by atoms with Gasteiger partial charge in [-0.1, -0.05) is 78.9 Å². The topological polar surface area (TPSA) is 125 Å². The number of nitrogens with one attached hydrogen (secondary N) is 1. The highest BCUT2D eigenvalue weighted by Crippen LogP contribution is 2.59. The Balaban J connectivity index is 1.79. The van der Waals surface area contributed by atoms with Crippen molar-refractivity contribution in [3.63, 3.8) is 0 Å². The molecule has 0 saturated carbocycles. The van der Waals surface area contributed by atoms with Crippen LogP contribution in [-0.4, -0.2) is 20.7 Å². The quantitative estimate of drug-likeness (QED) is 0.167. The predicted molar refractivity (Wildman–Crippen MR) is 132 cm³/mol. The molecule has 39 heavy (non-hydrogen) atoms. The Morgan fingerprint density at radius 3 is 1.77 bits per heavy atom. The lowest BCUT2D eigenvalue weighted by atomic mass is 10.1. The third-order valence-electron chi connectivity index (χ3n) is 5.60. The van der Waals surface area contributed by atoms with Crippen molar-refractivity contribution in [3.05, 3.63) is 107 Å². The number of nitrogens with zero attached hydrogens (tertiary/aromatic N) is 1. The molecular formula is C24H24F4N2O7P2. The summed E-state index contributed by atoms with van der Waals surface area (Å²) in [5.41, 5.74) is -3.22. The molecule has 0 heterocycles. The highest BCUT2D eigenvalue weighted by atomic mass is 31.2. The van der Waals surface area contributed by atoms with Crippen LogP contribution in [0, 0.1) is 0 Å². The number of hydrogen-bond acceptors (Lipinski definition) is 5. The van der Waals surface area contributed by atoms with Gasteiger partial charge in [0.1, 0.15) is 0 Å². The van der Waals surface area contributed by atoms with Gasteiger partial charge in [0.15, 0.2) is 0 Å². The highest BCUT2D eigenvalue weighted by Gasteiger charge is 2.50. The van der Waals surface area contributed by atoms with Gasteiger partial charge in [-0.05, 0) is 31.3 Å². The lowest BCUT2D eigenvalue weighted by Gasteiger charge is -2.24. The summed E-state index contributed by atoms with van der Waals surface area (Å²) >= 11 is 0. The third-order valence-corrected chi connectivity index (χ3v) is 7.76. The second-order valence-electron chi connectivity index (χ2n) is 8.51. The van der Waals surface area contributed by atoms with Gasteiger partial charge in [-0.2, -0.15) is 8.78 Å². The number of hydrogen-bond donors (Lipinski definition) is 3. The van der Waals surface area contributed by atoms with Crippen LogP contribution in [0.1, 0.15) is 27.8 Å². The molecule has 2 amide bonds. The van der Waals surface area contributed by atoms with Crippen LogP contribution in [-0.2, 0) is 50.0 Å². The molecule has 0 saturated heterocycles. The smallest absolute Gasteiger partial charge is 0.334 e. The first kappa shape index (κ1) is 30.5. The maximum absolute atomic E-state index is 14.0. The fourth-order valence-corrected chi connectivity index (χ4v) is 4.80. The van der Waals surface area contributed by atoms with Crippen molar-refractivity contribution in [2.75, 3.05) is 0 Å². The summed E-state index contributed by atoms with van der Waals surface area (Å²) in [6.07, 6.45) is -0.673. The molecule has 0 aliphatic heterocycles. The summed E-state index contributed by atoms with van der Waals surface area (Å²) < 4.78 is 81.7. The van der Waals surface area contributed by atoms with Gasteiger partial charge in [0, 0.05) is 25.2 Å². The second kappa shape index (κ2) is 12.9. The lowest BCUT2D eigenvalue weighted by molar-refractivity contribution is -0.0881. The first-order valence-corrected chi connectivity index (χ1v) is 14.6. The molecule has 210 valence electrons. The first-order chi connectivity index (χ1) is 18.4. The molecule has 9 nitrogen and oxygen atoms in total. The van der Waals surface area contributed by atoms with Crippen LogP contribution in [0.4, 0.5) is 22.6 Å². The van der Waals surface area contributed by atoms with E-state index < -0.39 is 38.6 Å². The van der Waals surface area contributed by atoms with Crippen molar-refractivity contribution in [2.45, 2.75) is 31.5 Å². The first-order valence-electron chi connectivity index (χ1n) is 11.2. The van der Waals surface area contributed by atoms with Gasteiger partial charge in [0.05, 0.1) is 6.16 Å². The molecule has 0 spiro atoms. The maximum Gasteiger partial charge on any atom is 0.399 e. The number of carbonyl (C=O) groups is 1.